The van der Waals surface area contributed by atoms with E-state index in [0.29, 0.717) is 0 Å². The molecular weight excluding hydrogens is 673 g/mol. The lowest BCUT2D eigenvalue weighted by Crippen LogP contribution is -2.14. The molecule has 0 spiro atoms. The summed E-state index contributed by atoms with van der Waals surface area (Å²) in [4.78, 5) is 0. The fraction of sp³-hybridized carbons (Fsp3) is 0.214. The predicted molar refractivity (Wildman–Crippen MR) is 248 cm³/mol. The summed E-state index contributed by atoms with van der Waals surface area (Å²) >= 11 is 0. The van der Waals surface area contributed by atoms with Crippen molar-refractivity contribution in [3.63, 3.8) is 0 Å². The average molecular weight is 731 g/mol. The maximum atomic E-state index is 2.38. The lowest BCUT2D eigenvalue weighted by molar-refractivity contribution is 0.660. The Hall–Kier alpha value is -5.72. The second-order valence-electron chi connectivity index (χ2n) is 14.9. The van der Waals surface area contributed by atoms with Gasteiger partial charge in [-0.15, -0.1) is 0 Å². The summed E-state index contributed by atoms with van der Waals surface area (Å²) in [6.45, 7) is 21.3. The smallest absolute Gasteiger partial charge is 0.0159 e. The molecule has 0 atom stereocenters. The number of rotatable bonds is 2. The molecule has 8 aromatic carbocycles. The lowest BCUT2D eigenvalue weighted by atomic mass is 9.82. The highest BCUT2D eigenvalue weighted by molar-refractivity contribution is 6.03. The standard InChI is InChI=1S/2C25H20.3C2H6/c1-25(2)22-15-6-5-12-21(22)24-20(14-8-16-23(24)25)19-13-7-10-17-9-3-4-11-18(17)19;1-25(2)23-13-6-5-11-21(23)22-16-18(14-15-24(22)25)20-12-7-9-17-8-3-4-10-19(17)20;3*1-2/h2*3-16H,1-2H3;3*1-2H3. The van der Waals surface area contributed by atoms with E-state index >= 15 is 0 Å². The van der Waals surface area contributed by atoms with Gasteiger partial charge in [-0.2, -0.15) is 0 Å². The van der Waals surface area contributed by atoms with Crippen molar-refractivity contribution in [1.29, 1.82) is 0 Å². The minimum Gasteiger partial charge on any atom is -0.0683 e. The van der Waals surface area contributed by atoms with Crippen molar-refractivity contribution in [2.45, 2.75) is 80.1 Å². The van der Waals surface area contributed by atoms with Crippen molar-refractivity contribution in [2.24, 2.45) is 0 Å². The zero-order valence-corrected chi connectivity index (χ0v) is 35.2. The molecule has 0 fully saturated rings. The van der Waals surface area contributed by atoms with Crippen LogP contribution in [0.4, 0.5) is 0 Å². The zero-order valence-electron chi connectivity index (χ0n) is 35.2. The Balaban J connectivity index is 0.000000168. The van der Waals surface area contributed by atoms with E-state index < -0.39 is 0 Å². The van der Waals surface area contributed by atoms with E-state index in [4.69, 9.17) is 0 Å². The summed E-state index contributed by atoms with van der Waals surface area (Å²) < 4.78 is 0. The van der Waals surface area contributed by atoms with E-state index in [9.17, 15) is 0 Å². The molecule has 0 heterocycles. The van der Waals surface area contributed by atoms with Crippen LogP contribution in [0.15, 0.2) is 170 Å². The van der Waals surface area contributed by atoms with Crippen LogP contribution < -0.4 is 0 Å². The van der Waals surface area contributed by atoms with Crippen molar-refractivity contribution < 1.29 is 0 Å². The maximum absolute atomic E-state index is 2.38. The van der Waals surface area contributed by atoms with Crippen LogP contribution in [0, 0.1) is 0 Å². The van der Waals surface area contributed by atoms with Crippen molar-refractivity contribution >= 4 is 21.5 Å². The molecular formula is C56H58. The van der Waals surface area contributed by atoms with E-state index in [2.05, 4.69) is 198 Å². The third-order valence-corrected chi connectivity index (χ3v) is 11.4. The molecule has 0 N–H and O–H groups in total. The molecule has 2 aliphatic carbocycles. The van der Waals surface area contributed by atoms with Crippen LogP contribution in [0.25, 0.3) is 66.1 Å². The Kier molecular flexibility index (Phi) is 12.1. The van der Waals surface area contributed by atoms with Crippen LogP contribution in [-0.2, 0) is 10.8 Å². The van der Waals surface area contributed by atoms with Gasteiger partial charge in [-0.1, -0.05) is 233 Å². The van der Waals surface area contributed by atoms with Gasteiger partial charge in [0.25, 0.3) is 0 Å². The van der Waals surface area contributed by atoms with Crippen molar-refractivity contribution in [3.8, 4) is 44.5 Å². The summed E-state index contributed by atoms with van der Waals surface area (Å²) in [5.41, 5.74) is 16.6. The predicted octanol–water partition coefficient (Wildman–Crippen LogP) is 16.7. The van der Waals surface area contributed by atoms with Crippen LogP contribution in [0.5, 0.6) is 0 Å². The molecule has 56 heavy (non-hydrogen) atoms. The van der Waals surface area contributed by atoms with Crippen LogP contribution in [0.1, 0.15) is 91.5 Å². The van der Waals surface area contributed by atoms with Gasteiger partial charge in [0.05, 0.1) is 0 Å². The van der Waals surface area contributed by atoms with Crippen molar-refractivity contribution in [3.05, 3.63) is 192 Å². The molecule has 0 nitrogen and oxygen atoms in total. The molecule has 10 rings (SSSR count). The largest absolute Gasteiger partial charge is 0.0683 e. The first-order chi connectivity index (χ1) is 27.3. The van der Waals surface area contributed by atoms with Gasteiger partial charge in [-0.05, 0) is 94.4 Å². The van der Waals surface area contributed by atoms with E-state index in [-0.39, 0.29) is 10.8 Å². The lowest BCUT2D eigenvalue weighted by Gasteiger charge is -2.21. The quantitative estimate of drug-likeness (QED) is 0.166. The van der Waals surface area contributed by atoms with Crippen molar-refractivity contribution in [2.75, 3.05) is 0 Å². The minimum absolute atomic E-state index is 0.0481. The SMILES string of the molecule is CC.CC.CC.CC1(C)c2ccccc2-c2c(-c3cccc4ccccc34)cccc21.CC1(C)c2ccccc2-c2cc(-c3cccc4ccccc34)ccc21. The number of benzene rings is 8. The highest BCUT2D eigenvalue weighted by Gasteiger charge is 2.37. The third kappa shape index (κ3) is 6.88. The molecule has 0 heteroatoms. The van der Waals surface area contributed by atoms with Crippen LogP contribution in [0.3, 0.4) is 0 Å². The second kappa shape index (κ2) is 17.0. The Bertz CT molecular complexity index is 2590. The minimum atomic E-state index is 0.0481. The first-order valence-corrected chi connectivity index (χ1v) is 20.8. The molecule has 282 valence electrons. The highest BCUT2D eigenvalue weighted by atomic mass is 14.4. The fourth-order valence-corrected chi connectivity index (χ4v) is 8.80. The summed E-state index contributed by atoms with van der Waals surface area (Å²) in [5, 5.41) is 5.22. The van der Waals surface area contributed by atoms with E-state index in [1.54, 1.807) is 0 Å². The Morgan fingerprint density at radius 1 is 0.286 bits per heavy atom. The first kappa shape index (κ1) is 40.0. The Morgan fingerprint density at radius 2 is 0.679 bits per heavy atom. The zero-order chi connectivity index (χ0) is 40.0. The molecule has 0 amide bonds. The molecule has 0 radical (unpaired) electrons. The number of hydrogen-bond acceptors (Lipinski definition) is 0. The second-order valence-corrected chi connectivity index (χ2v) is 14.9. The third-order valence-electron chi connectivity index (χ3n) is 11.4. The monoisotopic (exact) mass is 730 g/mol. The summed E-state index contributed by atoms with van der Waals surface area (Å²) in [6.07, 6.45) is 0. The molecule has 0 aromatic heterocycles. The maximum Gasteiger partial charge on any atom is 0.0159 e. The van der Waals surface area contributed by atoms with Gasteiger partial charge in [0.15, 0.2) is 0 Å². The molecule has 0 saturated heterocycles. The summed E-state index contributed by atoms with van der Waals surface area (Å²) in [7, 11) is 0. The fourth-order valence-electron chi connectivity index (χ4n) is 8.80. The number of hydrogen-bond donors (Lipinski definition) is 0. The molecule has 0 bridgehead atoms. The summed E-state index contributed by atoms with van der Waals surface area (Å²) in [5.74, 6) is 0. The normalized spacial score (nSPS) is 13.1. The Labute approximate surface area is 336 Å². The van der Waals surface area contributed by atoms with Crippen molar-refractivity contribution in [1.82, 2.24) is 0 Å². The topological polar surface area (TPSA) is 0 Å². The first-order valence-electron chi connectivity index (χ1n) is 20.8. The van der Waals surface area contributed by atoms with Crippen LogP contribution in [-0.4, -0.2) is 0 Å². The van der Waals surface area contributed by atoms with Gasteiger partial charge in [0, 0.05) is 10.8 Å². The van der Waals surface area contributed by atoms with E-state index in [0.717, 1.165) is 0 Å². The Morgan fingerprint density at radius 3 is 1.32 bits per heavy atom. The van der Waals surface area contributed by atoms with E-state index in [1.807, 2.05) is 41.5 Å². The van der Waals surface area contributed by atoms with Crippen LogP contribution >= 0.6 is 0 Å². The molecule has 0 unspecified atom stereocenters. The van der Waals surface area contributed by atoms with Gasteiger partial charge in [-0.25, -0.2) is 0 Å². The molecule has 2 aliphatic rings. The van der Waals surface area contributed by atoms with Crippen LogP contribution in [0.2, 0.25) is 0 Å². The highest BCUT2D eigenvalue weighted by Crippen LogP contribution is 2.53. The van der Waals surface area contributed by atoms with Gasteiger partial charge < -0.3 is 0 Å². The molecule has 0 saturated carbocycles. The van der Waals surface area contributed by atoms with Gasteiger partial charge in [0.2, 0.25) is 0 Å². The molecule has 8 aromatic rings. The summed E-state index contributed by atoms with van der Waals surface area (Å²) in [6, 6.07) is 62.0. The van der Waals surface area contributed by atoms with Gasteiger partial charge in [-0.3, -0.25) is 0 Å². The van der Waals surface area contributed by atoms with E-state index in [1.165, 1.54) is 88.3 Å². The number of fused-ring (bicyclic) bond motifs is 8. The van der Waals surface area contributed by atoms with Gasteiger partial charge >= 0.3 is 0 Å². The molecule has 0 aliphatic heterocycles. The average Bonchev–Trinajstić information content (AvgIpc) is 3.65. The van der Waals surface area contributed by atoms with Gasteiger partial charge in [0.1, 0.15) is 0 Å².